The zero-order chi connectivity index (χ0) is 17.1. The molecular weight excluding hydrogens is 344 g/mol. The number of tetrazole rings is 1. The van der Waals surface area contributed by atoms with Crippen LogP contribution in [0.4, 0.5) is 0 Å². The van der Waals surface area contributed by atoms with Gasteiger partial charge >= 0.3 is 0 Å². The van der Waals surface area contributed by atoms with Gasteiger partial charge in [0.15, 0.2) is 6.61 Å². The standard InChI is InChI=1S/C16H11ClN6O2/c17-10-1-6-13-14(7-10)18-8-16(19-13)25-12-4-2-11(3-5-12)24-9-15-20-22-23-21-15/h1-8H,9H2,(H,20,21,22,23). The largest absolute Gasteiger partial charge is 0.485 e. The summed E-state index contributed by atoms with van der Waals surface area (Å²) in [6, 6.07) is 12.4. The fraction of sp³-hybridized carbons (Fsp3) is 0.0625. The summed E-state index contributed by atoms with van der Waals surface area (Å²) in [4.78, 5) is 8.70. The van der Waals surface area contributed by atoms with Gasteiger partial charge in [-0.05, 0) is 42.5 Å². The van der Waals surface area contributed by atoms with Gasteiger partial charge in [-0.25, -0.2) is 9.97 Å². The van der Waals surface area contributed by atoms with Crippen molar-refractivity contribution >= 4 is 22.6 Å². The van der Waals surface area contributed by atoms with Crippen LogP contribution in [-0.4, -0.2) is 30.6 Å². The number of ether oxygens (including phenoxy) is 2. The highest BCUT2D eigenvalue weighted by Crippen LogP contribution is 2.24. The van der Waals surface area contributed by atoms with Crippen LogP contribution in [0.2, 0.25) is 5.02 Å². The van der Waals surface area contributed by atoms with Crippen molar-refractivity contribution in [1.82, 2.24) is 30.6 Å². The smallest absolute Gasteiger partial charge is 0.238 e. The first kappa shape index (κ1) is 15.3. The summed E-state index contributed by atoms with van der Waals surface area (Å²) in [5, 5.41) is 14.1. The number of aromatic amines is 1. The molecule has 8 nitrogen and oxygen atoms in total. The number of benzene rings is 2. The molecule has 2 aromatic heterocycles. The monoisotopic (exact) mass is 354 g/mol. The van der Waals surface area contributed by atoms with Crippen LogP contribution in [0.5, 0.6) is 17.4 Å². The minimum absolute atomic E-state index is 0.232. The third-order valence-corrected chi connectivity index (χ3v) is 3.52. The van der Waals surface area contributed by atoms with E-state index in [1.54, 1.807) is 48.7 Å². The van der Waals surface area contributed by atoms with Crippen LogP contribution >= 0.6 is 11.6 Å². The second kappa shape index (κ2) is 6.70. The number of halogens is 1. The van der Waals surface area contributed by atoms with Crippen molar-refractivity contribution < 1.29 is 9.47 Å². The molecule has 0 atom stereocenters. The Morgan fingerprint density at radius 1 is 1.00 bits per heavy atom. The predicted molar refractivity (Wildman–Crippen MR) is 89.6 cm³/mol. The van der Waals surface area contributed by atoms with Gasteiger partial charge in [0.25, 0.3) is 0 Å². The maximum atomic E-state index is 5.94. The number of hydrogen-bond donors (Lipinski definition) is 1. The number of nitrogens with one attached hydrogen (secondary N) is 1. The fourth-order valence-electron chi connectivity index (χ4n) is 2.13. The number of aromatic nitrogens is 6. The fourth-order valence-corrected chi connectivity index (χ4v) is 2.30. The van der Waals surface area contributed by atoms with Crippen LogP contribution in [0.3, 0.4) is 0 Å². The van der Waals surface area contributed by atoms with Crippen LogP contribution in [0.1, 0.15) is 5.82 Å². The molecule has 0 aliphatic heterocycles. The molecule has 124 valence electrons. The lowest BCUT2D eigenvalue weighted by Gasteiger charge is -2.07. The van der Waals surface area contributed by atoms with Crippen LogP contribution in [0.25, 0.3) is 11.0 Å². The van der Waals surface area contributed by atoms with E-state index in [0.29, 0.717) is 39.3 Å². The first-order chi connectivity index (χ1) is 12.3. The minimum atomic E-state index is 0.232. The van der Waals surface area contributed by atoms with E-state index in [1.165, 1.54) is 0 Å². The van der Waals surface area contributed by atoms with Crippen molar-refractivity contribution in [3.63, 3.8) is 0 Å². The molecule has 0 radical (unpaired) electrons. The molecule has 0 aliphatic carbocycles. The van der Waals surface area contributed by atoms with Crippen LogP contribution in [-0.2, 0) is 6.61 Å². The maximum Gasteiger partial charge on any atom is 0.238 e. The SMILES string of the molecule is Clc1ccc2nc(Oc3ccc(OCc4nn[nH]n4)cc3)cnc2c1. The van der Waals surface area contributed by atoms with Gasteiger partial charge in [0.2, 0.25) is 11.7 Å². The lowest BCUT2D eigenvalue weighted by molar-refractivity contribution is 0.295. The zero-order valence-electron chi connectivity index (χ0n) is 12.8. The lowest BCUT2D eigenvalue weighted by atomic mass is 10.3. The van der Waals surface area contributed by atoms with E-state index in [9.17, 15) is 0 Å². The topological polar surface area (TPSA) is 98.7 Å². The second-order valence-corrected chi connectivity index (χ2v) is 5.47. The highest BCUT2D eigenvalue weighted by Gasteiger charge is 2.04. The third-order valence-electron chi connectivity index (χ3n) is 3.29. The molecule has 0 unspecified atom stereocenters. The van der Waals surface area contributed by atoms with Crippen LogP contribution in [0, 0.1) is 0 Å². The molecule has 2 aromatic carbocycles. The highest BCUT2D eigenvalue weighted by molar-refractivity contribution is 6.31. The molecule has 0 amide bonds. The molecule has 4 aromatic rings. The Balaban J connectivity index is 1.44. The van der Waals surface area contributed by atoms with Crippen molar-refractivity contribution in [1.29, 1.82) is 0 Å². The third kappa shape index (κ3) is 3.64. The number of hydrogen-bond acceptors (Lipinski definition) is 7. The van der Waals surface area contributed by atoms with Gasteiger partial charge in [-0.1, -0.05) is 16.8 Å². The van der Waals surface area contributed by atoms with Gasteiger partial charge in [0.1, 0.15) is 11.5 Å². The summed E-state index contributed by atoms with van der Waals surface area (Å²) in [6.07, 6.45) is 1.55. The van der Waals surface area contributed by atoms with Crippen molar-refractivity contribution in [3.05, 3.63) is 59.5 Å². The van der Waals surface area contributed by atoms with E-state index >= 15 is 0 Å². The Morgan fingerprint density at radius 3 is 2.64 bits per heavy atom. The number of fused-ring (bicyclic) bond motifs is 1. The molecule has 0 fully saturated rings. The molecule has 0 saturated carbocycles. The first-order valence-corrected chi connectivity index (χ1v) is 7.69. The van der Waals surface area contributed by atoms with Crippen molar-refractivity contribution in [2.24, 2.45) is 0 Å². The molecule has 1 N–H and O–H groups in total. The molecule has 25 heavy (non-hydrogen) atoms. The Bertz CT molecular complexity index is 991. The van der Waals surface area contributed by atoms with Crippen molar-refractivity contribution in [2.75, 3.05) is 0 Å². The normalized spacial score (nSPS) is 10.8. The Morgan fingerprint density at radius 2 is 1.84 bits per heavy atom. The Kier molecular flexibility index (Phi) is 4.09. The van der Waals surface area contributed by atoms with E-state index in [4.69, 9.17) is 21.1 Å². The van der Waals surface area contributed by atoms with E-state index in [2.05, 4.69) is 30.6 Å². The summed E-state index contributed by atoms with van der Waals surface area (Å²) < 4.78 is 11.3. The Labute approximate surface area is 146 Å². The number of rotatable bonds is 5. The molecule has 0 bridgehead atoms. The van der Waals surface area contributed by atoms with Gasteiger partial charge in [-0.15, -0.1) is 10.2 Å². The van der Waals surface area contributed by atoms with Gasteiger partial charge in [0, 0.05) is 5.02 Å². The second-order valence-electron chi connectivity index (χ2n) is 5.03. The van der Waals surface area contributed by atoms with Gasteiger partial charge in [0.05, 0.1) is 17.2 Å². The quantitative estimate of drug-likeness (QED) is 0.587. The van der Waals surface area contributed by atoms with Gasteiger partial charge in [-0.3, -0.25) is 0 Å². The van der Waals surface area contributed by atoms with Crippen LogP contribution < -0.4 is 9.47 Å². The summed E-state index contributed by atoms with van der Waals surface area (Å²) in [5.74, 6) is 2.16. The van der Waals surface area contributed by atoms with Gasteiger partial charge < -0.3 is 9.47 Å². The summed E-state index contributed by atoms with van der Waals surface area (Å²) in [7, 11) is 0. The molecule has 0 aliphatic rings. The van der Waals surface area contributed by atoms with E-state index in [1.807, 2.05) is 0 Å². The predicted octanol–water partition coefficient (Wildman–Crippen LogP) is 3.17. The Hall–Kier alpha value is -3.26. The lowest BCUT2D eigenvalue weighted by Crippen LogP contribution is -1.97. The molecule has 2 heterocycles. The van der Waals surface area contributed by atoms with E-state index in [-0.39, 0.29) is 6.61 Å². The molecule has 4 rings (SSSR count). The zero-order valence-corrected chi connectivity index (χ0v) is 13.5. The first-order valence-electron chi connectivity index (χ1n) is 7.32. The summed E-state index contributed by atoms with van der Waals surface area (Å²) >= 11 is 5.94. The van der Waals surface area contributed by atoms with Crippen molar-refractivity contribution in [3.8, 4) is 17.4 Å². The van der Waals surface area contributed by atoms with Gasteiger partial charge in [-0.2, -0.15) is 5.21 Å². The number of H-pyrrole nitrogens is 1. The summed E-state index contributed by atoms with van der Waals surface area (Å²) in [5.41, 5.74) is 1.42. The average Bonchev–Trinajstić information content (AvgIpc) is 3.15. The van der Waals surface area contributed by atoms with Crippen molar-refractivity contribution in [2.45, 2.75) is 6.61 Å². The van der Waals surface area contributed by atoms with Crippen LogP contribution in [0.15, 0.2) is 48.7 Å². The molecule has 0 spiro atoms. The summed E-state index contributed by atoms with van der Waals surface area (Å²) in [6.45, 7) is 0.232. The minimum Gasteiger partial charge on any atom is -0.485 e. The molecular formula is C16H11ClN6O2. The molecule has 9 heteroatoms. The van der Waals surface area contributed by atoms with E-state index < -0.39 is 0 Å². The molecule has 0 saturated heterocycles. The van der Waals surface area contributed by atoms with E-state index in [0.717, 1.165) is 0 Å². The average molecular weight is 355 g/mol. The highest BCUT2D eigenvalue weighted by atomic mass is 35.5. The maximum absolute atomic E-state index is 5.94. The number of nitrogens with zero attached hydrogens (tertiary/aromatic N) is 5.